The minimum atomic E-state index is -0.137. The Morgan fingerprint density at radius 1 is 1.26 bits per heavy atom. The van der Waals surface area contributed by atoms with E-state index in [1.807, 2.05) is 24.3 Å². The van der Waals surface area contributed by atoms with Crippen molar-refractivity contribution in [3.8, 4) is 0 Å². The number of benzene rings is 1. The molecule has 0 radical (unpaired) electrons. The van der Waals surface area contributed by atoms with Crippen molar-refractivity contribution in [2.45, 2.75) is 51.0 Å². The van der Waals surface area contributed by atoms with Crippen LogP contribution in [0.2, 0.25) is 5.02 Å². The van der Waals surface area contributed by atoms with Crippen LogP contribution in [0.3, 0.4) is 0 Å². The first-order valence-electron chi connectivity index (χ1n) is 7.00. The van der Waals surface area contributed by atoms with Crippen LogP contribution in [0.25, 0.3) is 0 Å². The maximum absolute atomic E-state index is 11.9. The number of carbonyl (C=O) groups excluding carboxylic acids is 1. The van der Waals surface area contributed by atoms with E-state index in [0.717, 1.165) is 37.7 Å². The van der Waals surface area contributed by atoms with Gasteiger partial charge in [0.2, 0.25) is 0 Å². The second kappa shape index (κ2) is 6.53. The Hall–Kier alpha value is -0.860. The molecule has 0 heterocycles. The molecule has 0 aliphatic heterocycles. The topological polar surface area (TPSA) is 37.3 Å². The Kier molecular flexibility index (Phi) is 5.00. The normalized spacial score (nSPS) is 25.0. The lowest BCUT2D eigenvalue weighted by molar-refractivity contribution is -0.118. The van der Waals surface area contributed by atoms with E-state index in [9.17, 15) is 9.90 Å². The van der Waals surface area contributed by atoms with Gasteiger partial charge in [0.25, 0.3) is 0 Å². The molecule has 19 heavy (non-hydrogen) atoms. The summed E-state index contributed by atoms with van der Waals surface area (Å²) in [5.41, 5.74) is 1.06. The minimum Gasteiger partial charge on any atom is -0.393 e. The van der Waals surface area contributed by atoms with Gasteiger partial charge in [-0.05, 0) is 62.6 Å². The van der Waals surface area contributed by atoms with Crippen molar-refractivity contribution in [3.05, 3.63) is 34.9 Å². The summed E-state index contributed by atoms with van der Waals surface area (Å²) in [5.74, 6) is 0.735. The molecule has 0 aromatic heterocycles. The molecule has 0 bridgehead atoms. The molecule has 1 aromatic rings. The summed E-state index contributed by atoms with van der Waals surface area (Å²) in [6.07, 6.45) is 4.55. The van der Waals surface area contributed by atoms with E-state index in [1.165, 1.54) is 0 Å². The Morgan fingerprint density at radius 2 is 1.84 bits per heavy atom. The van der Waals surface area contributed by atoms with Crippen LogP contribution in [0, 0.1) is 5.92 Å². The average Bonchev–Trinajstić information content (AvgIpc) is 2.39. The van der Waals surface area contributed by atoms with E-state index >= 15 is 0 Å². The van der Waals surface area contributed by atoms with Gasteiger partial charge in [-0.2, -0.15) is 0 Å². The monoisotopic (exact) mass is 280 g/mol. The van der Waals surface area contributed by atoms with Crippen LogP contribution in [0.1, 0.15) is 50.5 Å². The molecule has 0 saturated heterocycles. The summed E-state index contributed by atoms with van der Waals surface area (Å²) in [6, 6.07) is 7.59. The van der Waals surface area contributed by atoms with Gasteiger partial charge in [0.1, 0.15) is 5.78 Å². The van der Waals surface area contributed by atoms with Gasteiger partial charge < -0.3 is 5.11 Å². The van der Waals surface area contributed by atoms with Crippen molar-refractivity contribution in [1.82, 2.24) is 0 Å². The molecule has 1 fully saturated rings. The zero-order valence-electron chi connectivity index (χ0n) is 11.3. The van der Waals surface area contributed by atoms with Crippen LogP contribution < -0.4 is 0 Å². The van der Waals surface area contributed by atoms with Crippen LogP contribution in [-0.4, -0.2) is 17.0 Å². The minimum absolute atomic E-state index is 0.0301. The van der Waals surface area contributed by atoms with Gasteiger partial charge in [0, 0.05) is 10.9 Å². The molecule has 1 aliphatic carbocycles. The lowest BCUT2D eigenvalue weighted by atomic mass is 9.78. The standard InChI is InChI=1S/C16H21ClO2/c1-11(18)16(13-4-6-14(17)7-5-13)10-12-2-8-15(19)9-3-12/h4-7,12,15-16,19H,2-3,8-10H2,1H3. The molecular weight excluding hydrogens is 260 g/mol. The predicted octanol–water partition coefficient (Wildman–Crippen LogP) is 3.95. The number of aliphatic hydroxyl groups excluding tert-OH is 1. The SMILES string of the molecule is CC(=O)C(CC1CCC(O)CC1)c1ccc(Cl)cc1. The van der Waals surface area contributed by atoms with Crippen molar-refractivity contribution in [1.29, 1.82) is 0 Å². The molecule has 1 aromatic carbocycles. The summed E-state index contributed by atoms with van der Waals surface area (Å²) in [5, 5.41) is 10.2. The third kappa shape index (κ3) is 4.05. The largest absolute Gasteiger partial charge is 0.393 e. The van der Waals surface area contributed by atoms with Gasteiger partial charge in [-0.25, -0.2) is 0 Å². The highest BCUT2D eigenvalue weighted by atomic mass is 35.5. The first-order valence-corrected chi connectivity index (χ1v) is 7.38. The number of hydrogen-bond donors (Lipinski definition) is 1. The number of aliphatic hydroxyl groups is 1. The Balaban J connectivity index is 2.04. The van der Waals surface area contributed by atoms with E-state index in [2.05, 4.69) is 0 Å². The number of ketones is 1. The first-order chi connectivity index (χ1) is 9.06. The third-order valence-electron chi connectivity index (χ3n) is 4.15. The molecule has 104 valence electrons. The molecule has 0 spiro atoms. The number of carbonyl (C=O) groups is 1. The fourth-order valence-electron chi connectivity index (χ4n) is 2.95. The molecule has 0 amide bonds. The van der Waals surface area contributed by atoms with Crippen molar-refractivity contribution in [3.63, 3.8) is 0 Å². The second-order valence-corrected chi connectivity index (χ2v) is 6.06. The van der Waals surface area contributed by atoms with Gasteiger partial charge in [0.05, 0.1) is 6.10 Å². The Morgan fingerprint density at radius 3 is 2.37 bits per heavy atom. The van der Waals surface area contributed by atoms with Crippen LogP contribution in [0.4, 0.5) is 0 Å². The van der Waals surface area contributed by atoms with Gasteiger partial charge in [-0.15, -0.1) is 0 Å². The number of Topliss-reactive ketones (excluding diaryl/α,β-unsaturated/α-hetero) is 1. The molecule has 2 nitrogen and oxygen atoms in total. The zero-order chi connectivity index (χ0) is 13.8. The summed E-state index contributed by atoms with van der Waals surface area (Å²) in [4.78, 5) is 11.9. The van der Waals surface area contributed by atoms with E-state index in [4.69, 9.17) is 11.6 Å². The van der Waals surface area contributed by atoms with Crippen LogP contribution >= 0.6 is 11.6 Å². The lowest BCUT2D eigenvalue weighted by Crippen LogP contribution is -2.21. The second-order valence-electron chi connectivity index (χ2n) is 5.63. The maximum atomic E-state index is 11.9. The molecule has 1 atom stereocenters. The summed E-state index contributed by atoms with van der Waals surface area (Å²) in [6.45, 7) is 1.66. The summed E-state index contributed by atoms with van der Waals surface area (Å²) in [7, 11) is 0. The molecule has 1 unspecified atom stereocenters. The smallest absolute Gasteiger partial charge is 0.137 e. The fourth-order valence-corrected chi connectivity index (χ4v) is 3.07. The third-order valence-corrected chi connectivity index (χ3v) is 4.40. The highest BCUT2D eigenvalue weighted by Gasteiger charge is 2.25. The molecule has 3 heteroatoms. The number of rotatable bonds is 4. The van der Waals surface area contributed by atoms with Gasteiger partial charge in [-0.1, -0.05) is 23.7 Å². The summed E-state index contributed by atoms with van der Waals surface area (Å²) < 4.78 is 0. The lowest BCUT2D eigenvalue weighted by Gasteiger charge is -2.28. The number of halogens is 1. The molecule has 1 N–H and O–H groups in total. The molecule has 1 aliphatic rings. The molecule has 1 saturated carbocycles. The highest BCUT2D eigenvalue weighted by molar-refractivity contribution is 6.30. The van der Waals surface area contributed by atoms with E-state index in [0.29, 0.717) is 10.9 Å². The van der Waals surface area contributed by atoms with Gasteiger partial charge in [-0.3, -0.25) is 4.79 Å². The first kappa shape index (κ1) is 14.5. The van der Waals surface area contributed by atoms with Gasteiger partial charge >= 0.3 is 0 Å². The highest BCUT2D eigenvalue weighted by Crippen LogP contribution is 2.34. The van der Waals surface area contributed by atoms with Crippen molar-refractivity contribution < 1.29 is 9.90 Å². The molecular formula is C16H21ClO2. The van der Waals surface area contributed by atoms with Crippen LogP contribution in [0.15, 0.2) is 24.3 Å². The quantitative estimate of drug-likeness (QED) is 0.907. The molecule has 2 rings (SSSR count). The van der Waals surface area contributed by atoms with Crippen molar-refractivity contribution >= 4 is 17.4 Å². The van der Waals surface area contributed by atoms with E-state index in [1.54, 1.807) is 6.92 Å². The van der Waals surface area contributed by atoms with Gasteiger partial charge in [0.15, 0.2) is 0 Å². The van der Waals surface area contributed by atoms with Crippen molar-refractivity contribution in [2.75, 3.05) is 0 Å². The van der Waals surface area contributed by atoms with Crippen LogP contribution in [0.5, 0.6) is 0 Å². The zero-order valence-corrected chi connectivity index (χ0v) is 12.1. The van der Waals surface area contributed by atoms with Crippen LogP contribution in [-0.2, 0) is 4.79 Å². The van der Waals surface area contributed by atoms with Crippen molar-refractivity contribution in [2.24, 2.45) is 5.92 Å². The summed E-state index contributed by atoms with van der Waals surface area (Å²) >= 11 is 5.89. The average molecular weight is 281 g/mol. The van der Waals surface area contributed by atoms with E-state index < -0.39 is 0 Å². The maximum Gasteiger partial charge on any atom is 0.137 e. The van der Waals surface area contributed by atoms with E-state index in [-0.39, 0.29) is 17.8 Å². The Labute approximate surface area is 119 Å². The fraction of sp³-hybridized carbons (Fsp3) is 0.562. The number of hydrogen-bond acceptors (Lipinski definition) is 2. The Bertz CT molecular complexity index is 419. The predicted molar refractivity (Wildman–Crippen MR) is 77.5 cm³/mol.